The zero-order valence-electron chi connectivity index (χ0n) is 10.6. The van der Waals surface area contributed by atoms with Crippen molar-refractivity contribution < 1.29 is 13.2 Å². The minimum Gasteiger partial charge on any atom is -0.378 e. The summed E-state index contributed by atoms with van der Waals surface area (Å²) in [5, 5.41) is 5.99. The molecule has 0 amide bonds. The predicted octanol–water partition coefficient (Wildman–Crippen LogP) is 4.99. The van der Waals surface area contributed by atoms with Gasteiger partial charge in [0, 0.05) is 5.38 Å². The average Bonchev–Trinajstić information content (AvgIpc) is 2.84. The van der Waals surface area contributed by atoms with Gasteiger partial charge in [0.25, 0.3) is 0 Å². The molecule has 1 heterocycles. The van der Waals surface area contributed by atoms with Gasteiger partial charge in [0.1, 0.15) is 0 Å². The molecule has 0 aliphatic carbocycles. The summed E-state index contributed by atoms with van der Waals surface area (Å²) in [5.74, 6) is 0. The number of nitrogens with one attached hydrogen (secondary N) is 1. The topological polar surface area (TPSA) is 24.9 Å². The van der Waals surface area contributed by atoms with Crippen molar-refractivity contribution in [2.75, 3.05) is 5.32 Å². The van der Waals surface area contributed by atoms with E-state index in [1.54, 1.807) is 11.3 Å². The van der Waals surface area contributed by atoms with Gasteiger partial charge in [0.15, 0.2) is 0 Å². The zero-order chi connectivity index (χ0) is 14.8. The maximum Gasteiger partial charge on any atom is 0.416 e. The molecule has 0 saturated heterocycles. The maximum absolute atomic E-state index is 12.5. The molecule has 7 heteroatoms. The van der Waals surface area contributed by atoms with Gasteiger partial charge in [0.05, 0.1) is 33.5 Å². The molecule has 0 saturated carbocycles. The van der Waals surface area contributed by atoms with Crippen molar-refractivity contribution in [3.63, 3.8) is 0 Å². The Hall–Kier alpha value is -1.27. The second-order valence-electron chi connectivity index (χ2n) is 4.13. The van der Waals surface area contributed by atoms with E-state index in [0.717, 1.165) is 29.3 Å². The average molecular weight is 321 g/mol. The van der Waals surface area contributed by atoms with E-state index in [1.165, 1.54) is 6.07 Å². The molecule has 0 bridgehead atoms. The molecule has 0 unspecified atom stereocenters. The standard InChI is InChI=1S/C13H12ClF3N2S/c1-2-12-19-9(7-20-12)6-18-11-4-3-8(5-10(11)14)13(15,16)17/h3-5,7,18H,2,6H2,1H3. The van der Waals surface area contributed by atoms with Gasteiger partial charge in [-0.25, -0.2) is 4.98 Å². The third-order valence-electron chi connectivity index (χ3n) is 2.66. The highest BCUT2D eigenvalue weighted by atomic mass is 35.5. The van der Waals surface area contributed by atoms with Crippen LogP contribution in [0.1, 0.15) is 23.2 Å². The fourth-order valence-electron chi connectivity index (χ4n) is 1.61. The van der Waals surface area contributed by atoms with E-state index >= 15 is 0 Å². The van der Waals surface area contributed by atoms with Crippen LogP contribution >= 0.6 is 22.9 Å². The Kier molecular flexibility index (Phi) is 4.55. The number of benzene rings is 1. The summed E-state index contributed by atoms with van der Waals surface area (Å²) in [7, 11) is 0. The van der Waals surface area contributed by atoms with Gasteiger partial charge in [0.2, 0.25) is 0 Å². The highest BCUT2D eigenvalue weighted by molar-refractivity contribution is 7.09. The zero-order valence-corrected chi connectivity index (χ0v) is 12.2. The molecule has 0 radical (unpaired) electrons. The van der Waals surface area contributed by atoms with Crippen LogP contribution < -0.4 is 5.32 Å². The first-order valence-electron chi connectivity index (χ1n) is 5.94. The van der Waals surface area contributed by atoms with Gasteiger partial charge in [-0.3, -0.25) is 0 Å². The molecular weight excluding hydrogens is 309 g/mol. The largest absolute Gasteiger partial charge is 0.416 e. The highest BCUT2D eigenvalue weighted by Crippen LogP contribution is 2.33. The SMILES string of the molecule is CCc1nc(CNc2ccc(C(F)(F)F)cc2Cl)cs1. The third-order valence-corrected chi connectivity index (χ3v) is 4.01. The Morgan fingerprint density at radius 1 is 1.35 bits per heavy atom. The van der Waals surface area contributed by atoms with Gasteiger partial charge in [-0.15, -0.1) is 11.3 Å². The summed E-state index contributed by atoms with van der Waals surface area (Å²) in [5.41, 5.74) is 0.559. The predicted molar refractivity (Wildman–Crippen MR) is 75.3 cm³/mol. The molecule has 2 rings (SSSR count). The van der Waals surface area contributed by atoms with E-state index in [-0.39, 0.29) is 5.02 Å². The molecule has 2 nitrogen and oxygen atoms in total. The summed E-state index contributed by atoms with van der Waals surface area (Å²) in [4.78, 5) is 4.36. The lowest BCUT2D eigenvalue weighted by atomic mass is 10.2. The quantitative estimate of drug-likeness (QED) is 0.858. The summed E-state index contributed by atoms with van der Waals surface area (Å²) >= 11 is 7.42. The highest BCUT2D eigenvalue weighted by Gasteiger charge is 2.30. The number of nitrogens with zero attached hydrogens (tertiary/aromatic N) is 1. The Balaban J connectivity index is 2.06. The number of rotatable bonds is 4. The van der Waals surface area contributed by atoms with Crippen molar-refractivity contribution in [3.8, 4) is 0 Å². The van der Waals surface area contributed by atoms with Gasteiger partial charge < -0.3 is 5.32 Å². The van der Waals surface area contributed by atoms with Crippen LogP contribution in [0, 0.1) is 0 Å². The lowest BCUT2D eigenvalue weighted by Gasteiger charge is -2.11. The summed E-state index contributed by atoms with van der Waals surface area (Å²) in [6.07, 6.45) is -3.52. The molecular formula is C13H12ClF3N2S. The number of alkyl halides is 3. The summed E-state index contributed by atoms with van der Waals surface area (Å²) < 4.78 is 37.5. The van der Waals surface area contributed by atoms with Crippen LogP contribution in [-0.4, -0.2) is 4.98 Å². The summed E-state index contributed by atoms with van der Waals surface area (Å²) in [6, 6.07) is 3.26. The number of aryl methyl sites for hydroxylation is 1. The van der Waals surface area contributed by atoms with Crippen LogP contribution in [-0.2, 0) is 19.1 Å². The van der Waals surface area contributed by atoms with Crippen molar-refractivity contribution in [3.05, 3.63) is 44.9 Å². The first kappa shape index (κ1) is 15.1. The fourth-order valence-corrected chi connectivity index (χ4v) is 2.61. The Morgan fingerprint density at radius 2 is 2.10 bits per heavy atom. The van der Waals surface area contributed by atoms with Gasteiger partial charge in [-0.2, -0.15) is 13.2 Å². The Labute approximate surface area is 123 Å². The molecule has 0 aliphatic heterocycles. The van der Waals surface area contributed by atoms with Crippen molar-refractivity contribution in [2.45, 2.75) is 26.1 Å². The number of thiazole rings is 1. The van der Waals surface area contributed by atoms with E-state index in [1.807, 2.05) is 12.3 Å². The lowest BCUT2D eigenvalue weighted by molar-refractivity contribution is -0.137. The minimum atomic E-state index is -4.38. The van der Waals surface area contributed by atoms with Crippen molar-refractivity contribution in [2.24, 2.45) is 0 Å². The van der Waals surface area contributed by atoms with Crippen LogP contribution in [0.15, 0.2) is 23.6 Å². The summed E-state index contributed by atoms with van der Waals surface area (Å²) in [6.45, 7) is 2.45. The third kappa shape index (κ3) is 3.64. The lowest BCUT2D eigenvalue weighted by Crippen LogP contribution is -2.06. The number of aromatic nitrogens is 1. The molecule has 108 valence electrons. The first-order valence-corrected chi connectivity index (χ1v) is 7.20. The van der Waals surface area contributed by atoms with Gasteiger partial charge in [-0.1, -0.05) is 18.5 Å². The molecule has 0 atom stereocenters. The van der Waals surface area contributed by atoms with E-state index in [4.69, 9.17) is 11.6 Å². The molecule has 1 aromatic carbocycles. The molecule has 20 heavy (non-hydrogen) atoms. The monoisotopic (exact) mass is 320 g/mol. The minimum absolute atomic E-state index is 0.0470. The van der Waals surface area contributed by atoms with E-state index < -0.39 is 11.7 Å². The molecule has 0 fully saturated rings. The number of anilines is 1. The molecule has 1 aromatic heterocycles. The van der Waals surface area contributed by atoms with Crippen LogP contribution in [0.5, 0.6) is 0 Å². The van der Waals surface area contributed by atoms with Crippen LogP contribution in [0.3, 0.4) is 0 Å². The molecule has 0 aliphatic rings. The maximum atomic E-state index is 12.5. The Bertz CT molecular complexity index is 596. The fraction of sp³-hybridized carbons (Fsp3) is 0.308. The smallest absolute Gasteiger partial charge is 0.378 e. The van der Waals surface area contributed by atoms with Crippen LogP contribution in [0.25, 0.3) is 0 Å². The molecule has 2 aromatic rings. The van der Waals surface area contributed by atoms with Crippen LogP contribution in [0.2, 0.25) is 5.02 Å². The number of halogens is 4. The van der Waals surface area contributed by atoms with E-state index in [9.17, 15) is 13.2 Å². The van der Waals surface area contributed by atoms with Crippen molar-refractivity contribution in [1.29, 1.82) is 0 Å². The number of hydrogen-bond acceptors (Lipinski definition) is 3. The normalized spacial score (nSPS) is 11.7. The van der Waals surface area contributed by atoms with Gasteiger partial charge in [-0.05, 0) is 24.6 Å². The van der Waals surface area contributed by atoms with Crippen molar-refractivity contribution >= 4 is 28.6 Å². The second kappa shape index (κ2) is 6.01. The van der Waals surface area contributed by atoms with Crippen molar-refractivity contribution in [1.82, 2.24) is 4.98 Å². The van der Waals surface area contributed by atoms with E-state index in [2.05, 4.69) is 10.3 Å². The second-order valence-corrected chi connectivity index (χ2v) is 5.48. The van der Waals surface area contributed by atoms with Gasteiger partial charge >= 0.3 is 6.18 Å². The molecule has 1 N–H and O–H groups in total. The van der Waals surface area contributed by atoms with E-state index in [0.29, 0.717) is 12.2 Å². The molecule has 0 spiro atoms. The Morgan fingerprint density at radius 3 is 2.65 bits per heavy atom. The van der Waals surface area contributed by atoms with Crippen LogP contribution in [0.4, 0.5) is 18.9 Å². The first-order chi connectivity index (χ1) is 9.40. The number of hydrogen-bond donors (Lipinski definition) is 1.